The molecule has 0 heterocycles. The average molecular weight is 422 g/mol. The van der Waals surface area contributed by atoms with Gasteiger partial charge in [0.25, 0.3) is 0 Å². The summed E-state index contributed by atoms with van der Waals surface area (Å²) in [7, 11) is 0. The van der Waals surface area contributed by atoms with Gasteiger partial charge in [-0.25, -0.2) is 4.79 Å². The van der Waals surface area contributed by atoms with Crippen LogP contribution in [0.3, 0.4) is 0 Å². The maximum absolute atomic E-state index is 12.0. The number of anilines is 1. The highest BCUT2D eigenvalue weighted by atomic mass is 79.9. The van der Waals surface area contributed by atoms with E-state index in [-0.39, 0.29) is 12.3 Å². The lowest BCUT2D eigenvalue weighted by atomic mass is 10.0. The number of carbonyl (C=O) groups excluding carboxylic acids is 1. The molecular formula is C14H18Br2N2O3. The Morgan fingerprint density at radius 1 is 1.24 bits per heavy atom. The van der Waals surface area contributed by atoms with Crippen molar-refractivity contribution >= 4 is 49.5 Å². The summed E-state index contributed by atoms with van der Waals surface area (Å²) < 4.78 is 1.51. The first-order valence-corrected chi connectivity index (χ1v) is 8.04. The Bertz CT molecular complexity index is 524. The number of aryl methyl sites for hydroxylation is 1. The Labute approximate surface area is 140 Å². The van der Waals surface area contributed by atoms with Crippen molar-refractivity contribution in [1.82, 2.24) is 5.32 Å². The number of urea groups is 1. The number of hydrogen-bond donors (Lipinski definition) is 3. The van der Waals surface area contributed by atoms with Crippen molar-refractivity contribution in [3.05, 3.63) is 26.6 Å². The quantitative estimate of drug-likeness (QED) is 0.668. The minimum absolute atomic E-state index is 0.0248. The van der Waals surface area contributed by atoms with Gasteiger partial charge < -0.3 is 15.7 Å². The zero-order valence-electron chi connectivity index (χ0n) is 12.0. The van der Waals surface area contributed by atoms with Gasteiger partial charge in [-0.3, -0.25) is 4.79 Å². The van der Waals surface area contributed by atoms with Gasteiger partial charge in [0.2, 0.25) is 0 Å². The number of benzene rings is 1. The Morgan fingerprint density at radius 2 is 1.76 bits per heavy atom. The molecule has 5 nitrogen and oxygen atoms in total. The molecular weight excluding hydrogens is 404 g/mol. The smallest absolute Gasteiger partial charge is 0.319 e. The van der Waals surface area contributed by atoms with Crippen LogP contribution >= 0.6 is 31.9 Å². The predicted octanol–water partition coefficient (Wildman–Crippen LogP) is 4.14. The second-order valence-electron chi connectivity index (χ2n) is 5.15. The van der Waals surface area contributed by atoms with E-state index in [2.05, 4.69) is 42.5 Å². The summed E-state index contributed by atoms with van der Waals surface area (Å²) in [6, 6.07) is 2.92. The molecule has 0 aromatic heterocycles. The number of rotatable bonds is 5. The maximum atomic E-state index is 12.0. The number of amides is 2. The molecule has 0 saturated heterocycles. The molecule has 1 aromatic rings. The summed E-state index contributed by atoms with van der Waals surface area (Å²) in [5, 5.41) is 14.3. The SMILES string of the molecule is Cc1cc(Br)c(NC(=O)NC(CC(=O)O)C(C)C)c(Br)c1. The Kier molecular flexibility index (Phi) is 6.67. The topological polar surface area (TPSA) is 78.4 Å². The molecule has 1 aromatic carbocycles. The number of carbonyl (C=O) groups is 2. The van der Waals surface area contributed by atoms with E-state index in [0.717, 1.165) is 14.5 Å². The molecule has 0 aliphatic carbocycles. The summed E-state index contributed by atoms with van der Waals surface area (Å²) in [5.74, 6) is -0.913. The van der Waals surface area contributed by atoms with Crippen LogP contribution in [-0.4, -0.2) is 23.1 Å². The van der Waals surface area contributed by atoms with Crippen LogP contribution in [0, 0.1) is 12.8 Å². The fourth-order valence-corrected chi connectivity index (χ4v) is 3.39. The molecule has 1 unspecified atom stereocenters. The molecule has 0 fully saturated rings. The van der Waals surface area contributed by atoms with Crippen LogP contribution in [0.1, 0.15) is 25.8 Å². The minimum Gasteiger partial charge on any atom is -0.481 e. The first-order chi connectivity index (χ1) is 9.70. The number of hydrogen-bond acceptors (Lipinski definition) is 2. The lowest BCUT2D eigenvalue weighted by Crippen LogP contribution is -2.42. The lowest BCUT2D eigenvalue weighted by molar-refractivity contribution is -0.137. The van der Waals surface area contributed by atoms with Crippen LogP contribution < -0.4 is 10.6 Å². The molecule has 0 aliphatic rings. The highest BCUT2D eigenvalue weighted by Gasteiger charge is 2.20. The normalized spacial score (nSPS) is 12.1. The van der Waals surface area contributed by atoms with E-state index in [9.17, 15) is 9.59 Å². The summed E-state index contributed by atoms with van der Waals surface area (Å²) in [4.78, 5) is 22.9. The molecule has 116 valence electrons. The average Bonchev–Trinajstić information content (AvgIpc) is 2.32. The summed E-state index contributed by atoms with van der Waals surface area (Å²) in [6.45, 7) is 5.68. The molecule has 1 atom stereocenters. The molecule has 0 spiro atoms. The first kappa shape index (κ1) is 18.0. The van der Waals surface area contributed by atoms with Crippen LogP contribution in [0.15, 0.2) is 21.1 Å². The van der Waals surface area contributed by atoms with E-state index in [1.54, 1.807) is 0 Å². The second kappa shape index (κ2) is 7.79. The van der Waals surface area contributed by atoms with Gasteiger partial charge in [-0.1, -0.05) is 13.8 Å². The Balaban J connectivity index is 2.79. The molecule has 0 radical (unpaired) electrons. The number of aliphatic carboxylic acids is 1. The van der Waals surface area contributed by atoms with Gasteiger partial charge in [-0.05, 0) is 62.4 Å². The van der Waals surface area contributed by atoms with E-state index >= 15 is 0 Å². The Morgan fingerprint density at radius 3 is 2.19 bits per heavy atom. The van der Waals surface area contributed by atoms with Gasteiger partial charge in [-0.2, -0.15) is 0 Å². The van der Waals surface area contributed by atoms with Gasteiger partial charge in [0.15, 0.2) is 0 Å². The van der Waals surface area contributed by atoms with Crippen molar-refractivity contribution < 1.29 is 14.7 Å². The monoisotopic (exact) mass is 420 g/mol. The maximum Gasteiger partial charge on any atom is 0.319 e. The summed E-state index contributed by atoms with van der Waals surface area (Å²) in [5.41, 5.74) is 1.65. The Hall–Kier alpha value is -1.08. The fourth-order valence-electron chi connectivity index (χ4n) is 1.78. The molecule has 3 N–H and O–H groups in total. The van der Waals surface area contributed by atoms with E-state index in [1.807, 2.05) is 32.9 Å². The molecule has 21 heavy (non-hydrogen) atoms. The fraction of sp³-hybridized carbons (Fsp3) is 0.429. The van der Waals surface area contributed by atoms with Crippen molar-refractivity contribution in [2.24, 2.45) is 5.92 Å². The molecule has 2 amide bonds. The summed E-state index contributed by atoms with van der Waals surface area (Å²) >= 11 is 6.79. The van der Waals surface area contributed by atoms with E-state index in [4.69, 9.17) is 5.11 Å². The van der Waals surface area contributed by atoms with Gasteiger partial charge in [-0.15, -0.1) is 0 Å². The highest BCUT2D eigenvalue weighted by molar-refractivity contribution is 9.11. The molecule has 1 rings (SSSR count). The van der Waals surface area contributed by atoms with Crippen molar-refractivity contribution in [3.8, 4) is 0 Å². The van der Waals surface area contributed by atoms with E-state index in [0.29, 0.717) is 5.69 Å². The van der Waals surface area contributed by atoms with E-state index < -0.39 is 18.0 Å². The van der Waals surface area contributed by atoms with E-state index in [1.165, 1.54) is 0 Å². The standard InChI is InChI=1S/C14H18Br2N2O3/c1-7(2)11(6-12(19)20)17-14(21)18-13-9(15)4-8(3)5-10(13)16/h4-5,7,11H,6H2,1-3H3,(H,19,20)(H2,17,18,21). The zero-order valence-corrected chi connectivity index (χ0v) is 15.2. The van der Waals surface area contributed by atoms with Crippen molar-refractivity contribution in [3.63, 3.8) is 0 Å². The third-order valence-electron chi connectivity index (χ3n) is 2.94. The molecule has 7 heteroatoms. The number of halogens is 2. The lowest BCUT2D eigenvalue weighted by Gasteiger charge is -2.21. The van der Waals surface area contributed by atoms with Crippen molar-refractivity contribution in [2.45, 2.75) is 33.2 Å². The molecule has 0 saturated carbocycles. The first-order valence-electron chi connectivity index (χ1n) is 6.45. The minimum atomic E-state index is -0.938. The number of nitrogens with one attached hydrogen (secondary N) is 2. The predicted molar refractivity (Wildman–Crippen MR) is 89.6 cm³/mol. The van der Waals surface area contributed by atoms with Crippen molar-refractivity contribution in [1.29, 1.82) is 0 Å². The van der Waals surface area contributed by atoms with Crippen LogP contribution in [0.5, 0.6) is 0 Å². The van der Waals surface area contributed by atoms with Crippen molar-refractivity contribution in [2.75, 3.05) is 5.32 Å². The third-order valence-corrected chi connectivity index (χ3v) is 4.19. The molecule has 0 aliphatic heterocycles. The van der Waals surface area contributed by atoms with Gasteiger partial charge in [0.05, 0.1) is 12.1 Å². The zero-order chi connectivity index (χ0) is 16.2. The van der Waals surface area contributed by atoms with Crippen LogP contribution in [-0.2, 0) is 4.79 Å². The largest absolute Gasteiger partial charge is 0.481 e. The van der Waals surface area contributed by atoms with Crippen LogP contribution in [0.2, 0.25) is 0 Å². The molecule has 0 bridgehead atoms. The van der Waals surface area contributed by atoms with Crippen LogP contribution in [0.4, 0.5) is 10.5 Å². The van der Waals surface area contributed by atoms with Crippen LogP contribution in [0.25, 0.3) is 0 Å². The van der Waals surface area contributed by atoms with Gasteiger partial charge >= 0.3 is 12.0 Å². The second-order valence-corrected chi connectivity index (χ2v) is 6.86. The summed E-state index contributed by atoms with van der Waals surface area (Å²) in [6.07, 6.45) is -0.110. The highest BCUT2D eigenvalue weighted by Crippen LogP contribution is 2.32. The van der Waals surface area contributed by atoms with Gasteiger partial charge in [0, 0.05) is 15.0 Å². The van der Waals surface area contributed by atoms with Gasteiger partial charge in [0.1, 0.15) is 0 Å². The third kappa shape index (κ3) is 5.67. The number of carboxylic acid groups (broad SMARTS) is 1. The number of carboxylic acids is 1.